The maximum absolute atomic E-state index is 11.1. The predicted molar refractivity (Wildman–Crippen MR) is 82.8 cm³/mol. The molecule has 0 saturated carbocycles. The van der Waals surface area contributed by atoms with Gasteiger partial charge in [0, 0.05) is 29.2 Å². The fourth-order valence-electron chi connectivity index (χ4n) is 2.39. The Labute approximate surface area is 118 Å². The quantitative estimate of drug-likeness (QED) is 0.646. The third-order valence-electron chi connectivity index (χ3n) is 3.36. The molecule has 2 heteroatoms. The number of nitrogens with zero attached hydrogens (tertiary/aromatic N) is 1. The summed E-state index contributed by atoms with van der Waals surface area (Å²) < 4.78 is 2.10. The monoisotopic (exact) mass is 261 g/mol. The second kappa shape index (κ2) is 5.57. The van der Waals surface area contributed by atoms with E-state index < -0.39 is 0 Å². The molecule has 3 rings (SSSR count). The molecule has 1 heterocycles. The van der Waals surface area contributed by atoms with Crippen LogP contribution in [0.4, 0.5) is 0 Å². The Morgan fingerprint density at radius 1 is 0.950 bits per heavy atom. The van der Waals surface area contributed by atoms with E-state index in [-0.39, 0.29) is 0 Å². The summed E-state index contributed by atoms with van der Waals surface area (Å²) in [7, 11) is 0. The third kappa shape index (κ3) is 2.41. The van der Waals surface area contributed by atoms with Crippen LogP contribution in [0.3, 0.4) is 0 Å². The number of fused-ring (bicyclic) bond motifs is 1. The third-order valence-corrected chi connectivity index (χ3v) is 3.36. The minimum atomic E-state index is 0.744. The molecule has 3 aromatic rings. The average molecular weight is 261 g/mol. The molecule has 1 aromatic heterocycles. The van der Waals surface area contributed by atoms with Crippen molar-refractivity contribution in [3.05, 3.63) is 78.0 Å². The summed E-state index contributed by atoms with van der Waals surface area (Å²) in [5.74, 6) is 0. The van der Waals surface area contributed by atoms with Gasteiger partial charge in [-0.2, -0.15) is 0 Å². The lowest BCUT2D eigenvalue weighted by Gasteiger charge is -2.00. The van der Waals surface area contributed by atoms with E-state index in [1.807, 2.05) is 48.7 Å². The SMILES string of the molecule is O=Cc1cn(CC=Cc2ccccc2)c2ccccc12. The summed E-state index contributed by atoms with van der Waals surface area (Å²) in [6.07, 6.45) is 7.03. The summed E-state index contributed by atoms with van der Waals surface area (Å²) in [5.41, 5.74) is 3.01. The van der Waals surface area contributed by atoms with E-state index in [1.54, 1.807) is 0 Å². The average Bonchev–Trinajstić information content (AvgIpc) is 2.87. The number of aromatic nitrogens is 1. The van der Waals surface area contributed by atoms with Crippen molar-refractivity contribution >= 4 is 23.3 Å². The maximum atomic E-state index is 11.1. The lowest BCUT2D eigenvalue weighted by molar-refractivity contribution is 0.112. The Bertz CT molecular complexity index is 753. The summed E-state index contributed by atoms with van der Waals surface area (Å²) in [6, 6.07) is 18.2. The topological polar surface area (TPSA) is 22.0 Å². The zero-order valence-corrected chi connectivity index (χ0v) is 11.1. The summed E-state index contributed by atoms with van der Waals surface area (Å²) in [5, 5.41) is 1.01. The molecule has 0 fully saturated rings. The van der Waals surface area contributed by atoms with Gasteiger partial charge in [-0.25, -0.2) is 0 Å². The van der Waals surface area contributed by atoms with Gasteiger partial charge in [-0.05, 0) is 11.6 Å². The Morgan fingerprint density at radius 2 is 1.70 bits per heavy atom. The van der Waals surface area contributed by atoms with Crippen LogP contribution in [0.25, 0.3) is 17.0 Å². The number of carbonyl (C=O) groups excluding carboxylic acids is 1. The molecule has 0 atom stereocenters. The molecule has 0 saturated heterocycles. The molecule has 98 valence electrons. The maximum Gasteiger partial charge on any atom is 0.152 e. The summed E-state index contributed by atoms with van der Waals surface area (Å²) >= 11 is 0. The van der Waals surface area contributed by atoms with E-state index >= 15 is 0 Å². The van der Waals surface area contributed by atoms with Gasteiger partial charge in [0.15, 0.2) is 6.29 Å². The molecule has 0 aliphatic carbocycles. The smallest absolute Gasteiger partial charge is 0.152 e. The van der Waals surface area contributed by atoms with E-state index in [4.69, 9.17) is 0 Å². The molecule has 0 amide bonds. The first kappa shape index (κ1) is 12.4. The Kier molecular flexibility index (Phi) is 3.46. The first-order valence-electron chi connectivity index (χ1n) is 6.63. The van der Waals surface area contributed by atoms with E-state index in [2.05, 4.69) is 28.9 Å². The Morgan fingerprint density at radius 3 is 2.50 bits per heavy atom. The molecule has 2 nitrogen and oxygen atoms in total. The Balaban J connectivity index is 1.88. The number of para-hydroxylation sites is 1. The Hall–Kier alpha value is -2.61. The highest BCUT2D eigenvalue weighted by molar-refractivity contribution is 5.97. The van der Waals surface area contributed by atoms with Gasteiger partial charge < -0.3 is 4.57 Å². The van der Waals surface area contributed by atoms with Crippen LogP contribution in [0.2, 0.25) is 0 Å². The first-order chi connectivity index (χ1) is 9.88. The van der Waals surface area contributed by atoms with Crippen molar-refractivity contribution < 1.29 is 4.79 Å². The van der Waals surface area contributed by atoms with E-state index in [9.17, 15) is 4.79 Å². The summed E-state index contributed by atoms with van der Waals surface area (Å²) in [6.45, 7) is 0.753. The number of benzene rings is 2. The second-order valence-corrected chi connectivity index (χ2v) is 4.68. The van der Waals surface area contributed by atoms with Gasteiger partial charge in [-0.3, -0.25) is 4.79 Å². The van der Waals surface area contributed by atoms with E-state index in [0.29, 0.717) is 0 Å². The molecule has 0 spiro atoms. The fraction of sp³-hybridized carbons (Fsp3) is 0.0556. The molecule has 0 N–H and O–H groups in total. The highest BCUT2D eigenvalue weighted by atomic mass is 16.1. The van der Waals surface area contributed by atoms with E-state index in [1.165, 1.54) is 5.56 Å². The van der Waals surface area contributed by atoms with Gasteiger partial charge >= 0.3 is 0 Å². The highest BCUT2D eigenvalue weighted by Crippen LogP contribution is 2.20. The van der Waals surface area contributed by atoms with Gasteiger partial charge in [-0.1, -0.05) is 60.7 Å². The van der Waals surface area contributed by atoms with Crippen LogP contribution in [0.5, 0.6) is 0 Å². The van der Waals surface area contributed by atoms with Crippen LogP contribution in [-0.4, -0.2) is 10.9 Å². The van der Waals surface area contributed by atoms with Gasteiger partial charge in [0.05, 0.1) is 0 Å². The lowest BCUT2D eigenvalue weighted by atomic mass is 10.2. The van der Waals surface area contributed by atoms with Crippen molar-refractivity contribution in [2.45, 2.75) is 6.54 Å². The van der Waals surface area contributed by atoms with Crippen LogP contribution >= 0.6 is 0 Å². The number of aldehydes is 1. The lowest BCUT2D eigenvalue weighted by Crippen LogP contribution is -1.92. The highest BCUT2D eigenvalue weighted by Gasteiger charge is 2.05. The van der Waals surface area contributed by atoms with Crippen molar-refractivity contribution in [1.82, 2.24) is 4.57 Å². The van der Waals surface area contributed by atoms with Gasteiger partial charge in [0.2, 0.25) is 0 Å². The van der Waals surface area contributed by atoms with Crippen LogP contribution in [-0.2, 0) is 6.54 Å². The van der Waals surface area contributed by atoms with Crippen LogP contribution in [0.15, 0.2) is 66.9 Å². The number of rotatable bonds is 4. The van der Waals surface area contributed by atoms with Crippen LogP contribution in [0, 0.1) is 0 Å². The largest absolute Gasteiger partial charge is 0.343 e. The second-order valence-electron chi connectivity index (χ2n) is 4.68. The zero-order valence-electron chi connectivity index (χ0n) is 11.1. The van der Waals surface area contributed by atoms with Gasteiger partial charge in [0.1, 0.15) is 0 Å². The normalized spacial score (nSPS) is 11.2. The van der Waals surface area contributed by atoms with Crippen LogP contribution in [0.1, 0.15) is 15.9 Å². The van der Waals surface area contributed by atoms with Crippen molar-refractivity contribution in [3.63, 3.8) is 0 Å². The molecule has 0 unspecified atom stereocenters. The number of hydrogen-bond donors (Lipinski definition) is 0. The number of hydrogen-bond acceptors (Lipinski definition) is 1. The van der Waals surface area contributed by atoms with Crippen molar-refractivity contribution in [3.8, 4) is 0 Å². The molecule has 0 aliphatic heterocycles. The molecule has 20 heavy (non-hydrogen) atoms. The number of carbonyl (C=O) groups is 1. The molecule has 0 bridgehead atoms. The molecular formula is C18H15NO. The minimum absolute atomic E-state index is 0.744. The molecule has 2 aromatic carbocycles. The predicted octanol–water partition coefficient (Wildman–Crippen LogP) is 4.17. The standard InChI is InChI=1S/C18H15NO/c20-14-16-13-19(18-11-5-4-10-17(16)18)12-6-9-15-7-2-1-3-8-15/h1-11,13-14H,12H2. The van der Waals surface area contributed by atoms with Crippen LogP contribution < -0.4 is 0 Å². The summed E-state index contributed by atoms with van der Waals surface area (Å²) in [4.78, 5) is 11.1. The zero-order chi connectivity index (χ0) is 13.8. The minimum Gasteiger partial charge on any atom is -0.343 e. The van der Waals surface area contributed by atoms with Gasteiger partial charge in [-0.15, -0.1) is 0 Å². The van der Waals surface area contributed by atoms with Crippen molar-refractivity contribution in [2.24, 2.45) is 0 Å². The number of allylic oxidation sites excluding steroid dienone is 1. The molecule has 0 aliphatic rings. The molecule has 0 radical (unpaired) electrons. The van der Waals surface area contributed by atoms with E-state index in [0.717, 1.165) is 29.3 Å². The van der Waals surface area contributed by atoms with Crippen molar-refractivity contribution in [1.29, 1.82) is 0 Å². The fourth-order valence-corrected chi connectivity index (χ4v) is 2.39. The molecular weight excluding hydrogens is 246 g/mol. The van der Waals surface area contributed by atoms with Crippen molar-refractivity contribution in [2.75, 3.05) is 0 Å². The first-order valence-corrected chi connectivity index (χ1v) is 6.63. The van der Waals surface area contributed by atoms with Gasteiger partial charge in [0.25, 0.3) is 0 Å².